The van der Waals surface area contributed by atoms with E-state index in [1.54, 1.807) is 6.08 Å². The monoisotopic (exact) mass is 900 g/mol. The second-order valence-corrected chi connectivity index (χ2v) is 19.3. The first-order valence-corrected chi connectivity index (χ1v) is 28.3. The number of esters is 1. The molecule has 0 fully saturated rings. The summed E-state index contributed by atoms with van der Waals surface area (Å²) in [6.07, 6.45) is 65.9. The summed E-state index contributed by atoms with van der Waals surface area (Å²) >= 11 is 0. The number of carbonyl (C=O) groups excluding carboxylic acids is 2. The fraction of sp³-hybridized carbons (Fsp3) is 0.862. The molecule has 0 bridgehead atoms. The van der Waals surface area contributed by atoms with E-state index >= 15 is 0 Å². The number of allylic oxidation sites excluding steroid dienone is 5. The maximum absolute atomic E-state index is 12.4. The van der Waals surface area contributed by atoms with Gasteiger partial charge in [-0.2, -0.15) is 0 Å². The summed E-state index contributed by atoms with van der Waals surface area (Å²) in [5.41, 5.74) is 0. The summed E-state index contributed by atoms with van der Waals surface area (Å²) in [4.78, 5) is 24.5. The predicted octanol–water partition coefficient (Wildman–Crippen LogP) is 17.2. The third-order valence-electron chi connectivity index (χ3n) is 12.9. The maximum Gasteiger partial charge on any atom is 0.305 e. The first kappa shape index (κ1) is 62.1. The zero-order valence-electron chi connectivity index (χ0n) is 42.8. The molecular weight excluding hydrogens is 791 g/mol. The summed E-state index contributed by atoms with van der Waals surface area (Å²) < 4.78 is 5.48. The van der Waals surface area contributed by atoms with Crippen LogP contribution in [0.2, 0.25) is 0 Å². The van der Waals surface area contributed by atoms with Crippen LogP contribution < -0.4 is 5.32 Å². The molecule has 0 aromatic rings. The fourth-order valence-electron chi connectivity index (χ4n) is 8.50. The normalized spacial score (nSPS) is 12.9. The summed E-state index contributed by atoms with van der Waals surface area (Å²) in [6, 6.07) is -0.637. The van der Waals surface area contributed by atoms with Gasteiger partial charge in [0.1, 0.15) is 0 Å². The Morgan fingerprint density at radius 3 is 1.11 bits per heavy atom. The second-order valence-electron chi connectivity index (χ2n) is 19.3. The molecule has 2 unspecified atom stereocenters. The van der Waals surface area contributed by atoms with E-state index < -0.39 is 12.1 Å². The van der Waals surface area contributed by atoms with Gasteiger partial charge in [-0.05, 0) is 83.5 Å². The highest BCUT2D eigenvalue weighted by Gasteiger charge is 2.18. The first-order valence-electron chi connectivity index (χ1n) is 28.3. The minimum Gasteiger partial charge on any atom is -0.466 e. The highest BCUT2D eigenvalue weighted by Crippen LogP contribution is 2.15. The number of ether oxygens (including phenoxy) is 1. The van der Waals surface area contributed by atoms with E-state index in [9.17, 15) is 19.8 Å². The second kappa shape index (κ2) is 53.7. The fourth-order valence-corrected chi connectivity index (χ4v) is 8.50. The standard InChI is InChI=1S/C58H109NO5/c1-3-5-7-9-11-13-15-16-17-18-22-25-28-32-36-40-44-48-52-58(63)64-53-49-45-41-37-33-29-26-23-20-19-21-24-27-31-35-39-43-47-51-57(62)59-55(54-60)56(61)50-46-42-38-34-30-14-12-10-8-6-4-2/h17-18,21,24,46,50,55-56,60-61H,3-16,19-20,22-23,25-45,47-49,51-54H2,1-2H3,(H,59,62)/b18-17-,24-21-,50-46+. The molecule has 0 aliphatic carbocycles. The van der Waals surface area contributed by atoms with Crippen LogP contribution in [0.15, 0.2) is 36.5 Å². The molecule has 6 heteroatoms. The predicted molar refractivity (Wildman–Crippen MR) is 278 cm³/mol. The van der Waals surface area contributed by atoms with Crippen molar-refractivity contribution >= 4 is 11.9 Å². The van der Waals surface area contributed by atoms with Crippen LogP contribution in [-0.2, 0) is 14.3 Å². The molecule has 0 aliphatic heterocycles. The maximum atomic E-state index is 12.4. The zero-order chi connectivity index (χ0) is 46.5. The van der Waals surface area contributed by atoms with E-state index in [2.05, 4.69) is 43.5 Å². The van der Waals surface area contributed by atoms with Crippen molar-refractivity contribution in [2.24, 2.45) is 0 Å². The van der Waals surface area contributed by atoms with Gasteiger partial charge in [-0.25, -0.2) is 0 Å². The lowest BCUT2D eigenvalue weighted by Crippen LogP contribution is -2.45. The van der Waals surface area contributed by atoms with Crippen molar-refractivity contribution in [3.05, 3.63) is 36.5 Å². The van der Waals surface area contributed by atoms with Crippen LogP contribution in [0.4, 0.5) is 0 Å². The lowest BCUT2D eigenvalue weighted by molar-refractivity contribution is -0.143. The highest BCUT2D eigenvalue weighted by molar-refractivity contribution is 5.76. The lowest BCUT2D eigenvalue weighted by atomic mass is 10.1. The van der Waals surface area contributed by atoms with Gasteiger partial charge in [0.25, 0.3) is 0 Å². The van der Waals surface area contributed by atoms with E-state index in [0.717, 1.165) is 57.8 Å². The Morgan fingerprint density at radius 1 is 0.422 bits per heavy atom. The van der Waals surface area contributed by atoms with Crippen molar-refractivity contribution in [1.29, 1.82) is 0 Å². The van der Waals surface area contributed by atoms with Crippen LogP contribution >= 0.6 is 0 Å². The number of amides is 1. The quantitative estimate of drug-likeness (QED) is 0.0321. The summed E-state index contributed by atoms with van der Waals surface area (Å²) in [7, 11) is 0. The van der Waals surface area contributed by atoms with Crippen LogP contribution in [0.1, 0.15) is 296 Å². The van der Waals surface area contributed by atoms with Crippen molar-refractivity contribution < 1.29 is 24.5 Å². The molecule has 0 rings (SSSR count). The summed E-state index contributed by atoms with van der Waals surface area (Å²) in [6.45, 7) is 4.87. The topological polar surface area (TPSA) is 95.9 Å². The van der Waals surface area contributed by atoms with Crippen molar-refractivity contribution in [2.75, 3.05) is 13.2 Å². The third kappa shape index (κ3) is 49.5. The van der Waals surface area contributed by atoms with E-state index in [0.29, 0.717) is 19.4 Å². The molecule has 0 aromatic heterocycles. The van der Waals surface area contributed by atoms with Gasteiger partial charge in [-0.15, -0.1) is 0 Å². The highest BCUT2D eigenvalue weighted by atomic mass is 16.5. The molecule has 0 heterocycles. The van der Waals surface area contributed by atoms with Crippen LogP contribution in [0, 0.1) is 0 Å². The minimum absolute atomic E-state index is 0.00126. The number of hydrogen-bond acceptors (Lipinski definition) is 5. The van der Waals surface area contributed by atoms with Gasteiger partial charge < -0.3 is 20.3 Å². The largest absolute Gasteiger partial charge is 0.466 e. The molecule has 0 radical (unpaired) electrons. The Morgan fingerprint density at radius 2 is 0.734 bits per heavy atom. The summed E-state index contributed by atoms with van der Waals surface area (Å²) in [5, 5.41) is 23.0. The lowest BCUT2D eigenvalue weighted by Gasteiger charge is -2.20. The zero-order valence-corrected chi connectivity index (χ0v) is 42.8. The molecule has 0 saturated carbocycles. The number of rotatable bonds is 52. The van der Waals surface area contributed by atoms with Gasteiger partial charge in [-0.3, -0.25) is 9.59 Å². The molecular formula is C58H109NO5. The van der Waals surface area contributed by atoms with Crippen molar-refractivity contribution in [1.82, 2.24) is 5.32 Å². The molecule has 2 atom stereocenters. The Balaban J connectivity index is 3.44. The molecule has 6 nitrogen and oxygen atoms in total. The number of hydrogen-bond donors (Lipinski definition) is 3. The van der Waals surface area contributed by atoms with Gasteiger partial charge in [-0.1, -0.05) is 237 Å². The first-order chi connectivity index (χ1) is 31.5. The molecule has 376 valence electrons. The van der Waals surface area contributed by atoms with E-state index in [-0.39, 0.29) is 18.5 Å². The van der Waals surface area contributed by atoms with E-state index in [1.807, 2.05) is 6.08 Å². The average Bonchev–Trinajstić information content (AvgIpc) is 3.29. The number of aliphatic hydroxyl groups excluding tert-OH is 2. The van der Waals surface area contributed by atoms with Crippen LogP contribution in [0.25, 0.3) is 0 Å². The molecule has 0 saturated heterocycles. The number of nitrogens with one attached hydrogen (secondary N) is 1. The van der Waals surface area contributed by atoms with Gasteiger partial charge in [0, 0.05) is 12.8 Å². The molecule has 0 spiro atoms. The Hall–Kier alpha value is -1.92. The van der Waals surface area contributed by atoms with Gasteiger partial charge in [0.15, 0.2) is 0 Å². The smallest absolute Gasteiger partial charge is 0.305 e. The molecule has 0 aromatic carbocycles. The van der Waals surface area contributed by atoms with Crippen molar-refractivity contribution in [3.63, 3.8) is 0 Å². The van der Waals surface area contributed by atoms with Crippen molar-refractivity contribution in [3.8, 4) is 0 Å². The number of unbranched alkanes of at least 4 members (excludes halogenated alkanes) is 37. The van der Waals surface area contributed by atoms with Crippen LogP contribution in [-0.4, -0.2) is 47.4 Å². The van der Waals surface area contributed by atoms with Gasteiger partial charge >= 0.3 is 5.97 Å². The number of carbonyl (C=O) groups is 2. The molecule has 3 N–H and O–H groups in total. The van der Waals surface area contributed by atoms with E-state index in [1.165, 1.54) is 212 Å². The van der Waals surface area contributed by atoms with Crippen LogP contribution in [0.5, 0.6) is 0 Å². The molecule has 0 aliphatic rings. The van der Waals surface area contributed by atoms with Gasteiger partial charge in [0.05, 0.1) is 25.4 Å². The Kier molecular flexibility index (Phi) is 52.1. The van der Waals surface area contributed by atoms with E-state index in [4.69, 9.17) is 4.74 Å². The number of aliphatic hydroxyl groups is 2. The summed E-state index contributed by atoms with van der Waals surface area (Å²) in [5.74, 6) is -0.0853. The molecule has 64 heavy (non-hydrogen) atoms. The Labute approximate surface area is 398 Å². The van der Waals surface area contributed by atoms with Crippen molar-refractivity contribution in [2.45, 2.75) is 309 Å². The van der Waals surface area contributed by atoms with Crippen LogP contribution in [0.3, 0.4) is 0 Å². The SMILES string of the molecule is CCCCCCCCC/C=C\CCCCCCCCCC(=O)OCCCCCCCCCCC/C=C\CCCCCCCC(=O)NC(CO)C(O)/C=C/CCCCCCCCCCC. The Bertz CT molecular complexity index is 1040. The minimum atomic E-state index is -0.852. The van der Waals surface area contributed by atoms with Gasteiger partial charge in [0.2, 0.25) is 5.91 Å². The average molecular weight is 901 g/mol. The molecule has 1 amide bonds. The third-order valence-corrected chi connectivity index (χ3v) is 12.9.